The molecular formula is C12H11ClNO3S-. The van der Waals surface area contributed by atoms with E-state index in [1.165, 1.54) is 23.6 Å². The molecule has 1 amide bonds. The van der Waals surface area contributed by atoms with Crippen molar-refractivity contribution in [3.63, 3.8) is 0 Å². The van der Waals surface area contributed by atoms with Gasteiger partial charge < -0.3 is 14.8 Å². The third-order valence-electron chi connectivity index (χ3n) is 2.79. The molecule has 1 aliphatic heterocycles. The van der Waals surface area contributed by atoms with Crippen molar-refractivity contribution in [1.29, 1.82) is 0 Å². The second kappa shape index (κ2) is 5.20. The SMILES string of the molecule is CC(=O)N1[C@@H](c2ccc(Cl)cc2)SC[C@H]1C(=O)[O-]. The van der Waals surface area contributed by atoms with Gasteiger partial charge in [0.05, 0.1) is 12.0 Å². The monoisotopic (exact) mass is 284 g/mol. The Labute approximate surface area is 114 Å². The van der Waals surface area contributed by atoms with Crippen LogP contribution < -0.4 is 5.11 Å². The maximum absolute atomic E-state index is 11.6. The van der Waals surface area contributed by atoms with Crippen LogP contribution in [0, 0.1) is 0 Å². The Morgan fingerprint density at radius 2 is 2.00 bits per heavy atom. The van der Waals surface area contributed by atoms with Crippen molar-refractivity contribution >= 4 is 35.2 Å². The van der Waals surface area contributed by atoms with Crippen molar-refractivity contribution in [2.45, 2.75) is 18.3 Å². The van der Waals surface area contributed by atoms with Gasteiger partial charge in [0.2, 0.25) is 5.91 Å². The van der Waals surface area contributed by atoms with Crippen LogP contribution in [0.4, 0.5) is 0 Å². The lowest BCUT2D eigenvalue weighted by atomic mass is 10.2. The smallest absolute Gasteiger partial charge is 0.221 e. The fourth-order valence-electron chi connectivity index (χ4n) is 1.96. The number of carboxylic acid groups (broad SMARTS) is 1. The van der Waals surface area contributed by atoms with Crippen molar-refractivity contribution in [3.05, 3.63) is 34.9 Å². The van der Waals surface area contributed by atoms with Crippen molar-refractivity contribution < 1.29 is 14.7 Å². The number of aliphatic carboxylic acids is 1. The molecule has 0 aromatic heterocycles. The molecule has 0 radical (unpaired) electrons. The molecule has 0 aliphatic carbocycles. The van der Waals surface area contributed by atoms with Crippen LogP contribution in [0.5, 0.6) is 0 Å². The molecule has 18 heavy (non-hydrogen) atoms. The quantitative estimate of drug-likeness (QED) is 0.814. The lowest BCUT2D eigenvalue weighted by Gasteiger charge is -2.29. The summed E-state index contributed by atoms with van der Waals surface area (Å²) >= 11 is 7.22. The highest BCUT2D eigenvalue weighted by Gasteiger charge is 2.37. The number of carbonyl (C=O) groups excluding carboxylic acids is 2. The maximum atomic E-state index is 11.6. The molecule has 6 heteroatoms. The molecule has 1 saturated heterocycles. The van der Waals surface area contributed by atoms with E-state index in [0.717, 1.165) is 5.56 Å². The topological polar surface area (TPSA) is 60.4 Å². The van der Waals surface area contributed by atoms with Crippen molar-refractivity contribution in [2.24, 2.45) is 0 Å². The van der Waals surface area contributed by atoms with E-state index in [1.54, 1.807) is 24.3 Å². The van der Waals surface area contributed by atoms with Crippen LogP contribution in [-0.2, 0) is 9.59 Å². The molecule has 0 saturated carbocycles. The van der Waals surface area contributed by atoms with Gasteiger partial charge in [-0.05, 0) is 17.7 Å². The number of thioether (sulfide) groups is 1. The third-order valence-corrected chi connectivity index (χ3v) is 4.37. The minimum Gasteiger partial charge on any atom is -0.548 e. The van der Waals surface area contributed by atoms with E-state index >= 15 is 0 Å². The van der Waals surface area contributed by atoms with Crippen LogP contribution in [0.2, 0.25) is 5.02 Å². The molecule has 1 aromatic rings. The normalized spacial score (nSPS) is 23.1. The summed E-state index contributed by atoms with van der Waals surface area (Å²) in [7, 11) is 0. The summed E-state index contributed by atoms with van der Waals surface area (Å²) in [6.45, 7) is 1.37. The first-order valence-electron chi connectivity index (χ1n) is 5.37. The van der Waals surface area contributed by atoms with E-state index in [9.17, 15) is 14.7 Å². The summed E-state index contributed by atoms with van der Waals surface area (Å²) in [5.74, 6) is -1.14. The van der Waals surface area contributed by atoms with Gasteiger partial charge in [-0.1, -0.05) is 23.7 Å². The molecule has 0 N–H and O–H groups in total. The Kier molecular flexibility index (Phi) is 3.82. The number of amides is 1. The lowest BCUT2D eigenvalue weighted by molar-refractivity contribution is -0.310. The second-order valence-electron chi connectivity index (χ2n) is 4.00. The number of carboxylic acids is 1. The molecule has 1 aliphatic rings. The van der Waals surface area contributed by atoms with Crippen LogP contribution in [-0.4, -0.2) is 28.6 Å². The zero-order valence-electron chi connectivity index (χ0n) is 9.63. The first-order valence-corrected chi connectivity index (χ1v) is 6.80. The standard InChI is InChI=1S/C12H12ClNO3S/c1-7(15)14-10(12(16)17)6-18-11(14)8-2-4-9(13)5-3-8/h2-5,10-11H,6H2,1H3,(H,16,17)/p-1/t10-,11+/m0/s1. The first kappa shape index (κ1) is 13.2. The number of rotatable bonds is 2. The summed E-state index contributed by atoms with van der Waals surface area (Å²) in [5.41, 5.74) is 0.864. The molecule has 0 bridgehead atoms. The van der Waals surface area contributed by atoms with E-state index in [1.807, 2.05) is 0 Å². The van der Waals surface area contributed by atoms with Gasteiger partial charge in [0.1, 0.15) is 5.37 Å². The van der Waals surface area contributed by atoms with E-state index < -0.39 is 12.0 Å². The molecule has 96 valence electrons. The van der Waals surface area contributed by atoms with Crippen LogP contribution in [0.1, 0.15) is 17.9 Å². The number of benzene rings is 1. The van der Waals surface area contributed by atoms with Gasteiger partial charge >= 0.3 is 0 Å². The van der Waals surface area contributed by atoms with E-state index in [-0.39, 0.29) is 11.3 Å². The zero-order chi connectivity index (χ0) is 13.3. The minimum absolute atomic E-state index is 0.269. The van der Waals surface area contributed by atoms with Gasteiger partial charge in [-0.2, -0.15) is 0 Å². The number of halogens is 1. The zero-order valence-corrected chi connectivity index (χ0v) is 11.2. The average Bonchev–Trinajstić information content (AvgIpc) is 2.74. The lowest BCUT2D eigenvalue weighted by Crippen LogP contribution is -2.48. The van der Waals surface area contributed by atoms with Crippen LogP contribution in [0.25, 0.3) is 0 Å². The highest BCUT2D eigenvalue weighted by molar-refractivity contribution is 7.99. The Balaban J connectivity index is 2.30. The second-order valence-corrected chi connectivity index (χ2v) is 5.55. The van der Waals surface area contributed by atoms with Gasteiger partial charge in [0, 0.05) is 17.7 Å². The Morgan fingerprint density at radius 3 is 2.50 bits per heavy atom. The largest absolute Gasteiger partial charge is 0.548 e. The average molecular weight is 285 g/mol. The van der Waals surface area contributed by atoms with Gasteiger partial charge in [-0.15, -0.1) is 11.8 Å². The molecule has 2 rings (SSSR count). The summed E-state index contributed by atoms with van der Waals surface area (Å²) < 4.78 is 0. The Morgan fingerprint density at radius 1 is 1.39 bits per heavy atom. The van der Waals surface area contributed by atoms with Crippen molar-refractivity contribution in [1.82, 2.24) is 4.90 Å². The van der Waals surface area contributed by atoms with Crippen molar-refractivity contribution in [3.8, 4) is 0 Å². The van der Waals surface area contributed by atoms with Gasteiger partial charge in [-0.25, -0.2) is 0 Å². The molecule has 0 unspecified atom stereocenters. The molecule has 1 aromatic carbocycles. The number of hydrogen-bond acceptors (Lipinski definition) is 4. The van der Waals surface area contributed by atoms with E-state index in [0.29, 0.717) is 10.8 Å². The molecule has 1 heterocycles. The summed E-state index contributed by atoms with van der Waals surface area (Å²) in [6, 6.07) is 6.18. The number of hydrogen-bond donors (Lipinski definition) is 0. The predicted octanol–water partition coefficient (Wildman–Crippen LogP) is 1.05. The van der Waals surface area contributed by atoms with Gasteiger partial charge in [0.15, 0.2) is 0 Å². The number of carbonyl (C=O) groups is 2. The third kappa shape index (κ3) is 2.47. The highest BCUT2D eigenvalue weighted by Crippen LogP contribution is 2.41. The summed E-state index contributed by atoms with van der Waals surface area (Å²) in [4.78, 5) is 24.0. The molecule has 4 nitrogen and oxygen atoms in total. The highest BCUT2D eigenvalue weighted by atomic mass is 35.5. The van der Waals surface area contributed by atoms with Crippen LogP contribution in [0.3, 0.4) is 0 Å². The minimum atomic E-state index is -1.21. The fraction of sp³-hybridized carbons (Fsp3) is 0.333. The predicted molar refractivity (Wildman–Crippen MR) is 68.0 cm³/mol. The first-order chi connectivity index (χ1) is 8.50. The maximum Gasteiger partial charge on any atom is 0.221 e. The van der Waals surface area contributed by atoms with Gasteiger partial charge in [0.25, 0.3) is 0 Å². The van der Waals surface area contributed by atoms with Crippen LogP contribution in [0.15, 0.2) is 24.3 Å². The molecule has 0 spiro atoms. The number of nitrogens with zero attached hydrogens (tertiary/aromatic N) is 1. The molecular weight excluding hydrogens is 274 g/mol. The summed E-state index contributed by atoms with van der Waals surface area (Å²) in [6.07, 6.45) is 0. The van der Waals surface area contributed by atoms with E-state index in [2.05, 4.69) is 0 Å². The Hall–Kier alpha value is -1.20. The van der Waals surface area contributed by atoms with Crippen molar-refractivity contribution in [2.75, 3.05) is 5.75 Å². The van der Waals surface area contributed by atoms with Crippen LogP contribution >= 0.6 is 23.4 Å². The molecule has 1 fully saturated rings. The molecule has 2 atom stereocenters. The summed E-state index contributed by atoms with van der Waals surface area (Å²) in [5, 5.41) is 11.3. The fourth-order valence-corrected chi connectivity index (χ4v) is 3.55. The Bertz CT molecular complexity index is 477. The van der Waals surface area contributed by atoms with E-state index in [4.69, 9.17) is 11.6 Å². The van der Waals surface area contributed by atoms with Gasteiger partial charge in [-0.3, -0.25) is 4.79 Å².